The maximum atomic E-state index is 10.2. The maximum Gasteiger partial charge on any atom is 0.407 e. The quantitative estimate of drug-likeness (QED) is 0.585. The zero-order valence-corrected chi connectivity index (χ0v) is 6.52. The number of hydrogen-bond donors (Lipinski definition) is 2. The lowest BCUT2D eigenvalue weighted by molar-refractivity contribution is 0.157. The van der Waals surface area contributed by atoms with Crippen molar-refractivity contribution in [2.75, 3.05) is 13.6 Å². The third-order valence-electron chi connectivity index (χ3n) is 1.02. The summed E-state index contributed by atoms with van der Waals surface area (Å²) in [5.74, 6) is 0. The van der Waals surface area contributed by atoms with Gasteiger partial charge in [-0.15, -0.1) is 0 Å². The van der Waals surface area contributed by atoms with Gasteiger partial charge in [-0.05, 0) is 0 Å². The Hall–Kier alpha value is -0.840. The van der Waals surface area contributed by atoms with Gasteiger partial charge >= 0.3 is 6.09 Å². The molecule has 0 spiro atoms. The van der Waals surface area contributed by atoms with E-state index in [-0.39, 0.29) is 0 Å². The Kier molecular flexibility index (Phi) is 3.71. The van der Waals surface area contributed by atoms with Crippen molar-refractivity contribution >= 4 is 23.3 Å². The molecule has 0 aliphatic carbocycles. The molecule has 3 N–H and O–H groups in total. The minimum absolute atomic E-state index is 0.341. The second kappa shape index (κ2) is 4.05. The van der Waals surface area contributed by atoms with Crippen molar-refractivity contribution in [3.8, 4) is 0 Å². The predicted molar refractivity (Wildman–Crippen MR) is 42.1 cm³/mol. The van der Waals surface area contributed by atoms with E-state index < -0.39 is 6.09 Å². The number of nitrogens with zero attached hydrogens (tertiary/aromatic N) is 1. The van der Waals surface area contributed by atoms with Crippen molar-refractivity contribution in [1.29, 1.82) is 0 Å². The highest BCUT2D eigenvalue weighted by molar-refractivity contribution is 7.80. The Bertz CT molecular complexity index is 149. The summed E-state index contributed by atoms with van der Waals surface area (Å²) < 4.78 is 0. The van der Waals surface area contributed by atoms with Crippen molar-refractivity contribution in [2.45, 2.75) is 6.42 Å². The highest BCUT2D eigenvalue weighted by atomic mass is 32.1. The van der Waals surface area contributed by atoms with E-state index in [1.54, 1.807) is 0 Å². The Morgan fingerprint density at radius 3 is 2.60 bits per heavy atom. The van der Waals surface area contributed by atoms with E-state index in [4.69, 9.17) is 10.8 Å². The second-order valence-electron chi connectivity index (χ2n) is 1.92. The highest BCUT2D eigenvalue weighted by Crippen LogP contribution is 1.87. The Balaban J connectivity index is 3.49. The molecule has 0 atom stereocenters. The first kappa shape index (κ1) is 9.16. The van der Waals surface area contributed by atoms with E-state index in [0.29, 0.717) is 18.0 Å². The van der Waals surface area contributed by atoms with Gasteiger partial charge in [-0.3, -0.25) is 0 Å². The van der Waals surface area contributed by atoms with Crippen LogP contribution in [0.25, 0.3) is 0 Å². The van der Waals surface area contributed by atoms with Crippen molar-refractivity contribution in [1.82, 2.24) is 4.90 Å². The number of hydrogen-bond acceptors (Lipinski definition) is 2. The standard InChI is InChI=1S/C5H10N2O2S/c1-7(5(8)9)3-2-4(6)10/h2-3H2,1H3,(H2,6,10)(H,8,9). The third-order valence-corrected chi connectivity index (χ3v) is 1.22. The van der Waals surface area contributed by atoms with Gasteiger partial charge in [0.1, 0.15) is 0 Å². The number of carboxylic acid groups (broad SMARTS) is 1. The summed E-state index contributed by atoms with van der Waals surface area (Å²) in [5.41, 5.74) is 5.15. The molecule has 10 heavy (non-hydrogen) atoms. The maximum absolute atomic E-state index is 10.2. The van der Waals surface area contributed by atoms with E-state index in [9.17, 15) is 4.79 Å². The van der Waals surface area contributed by atoms with Crippen molar-refractivity contribution in [3.05, 3.63) is 0 Å². The zero-order chi connectivity index (χ0) is 8.15. The van der Waals surface area contributed by atoms with Crippen LogP contribution in [0.3, 0.4) is 0 Å². The van der Waals surface area contributed by atoms with Crippen LogP contribution in [0.5, 0.6) is 0 Å². The minimum atomic E-state index is -0.962. The van der Waals surface area contributed by atoms with Gasteiger partial charge in [-0.1, -0.05) is 12.2 Å². The van der Waals surface area contributed by atoms with Gasteiger partial charge in [0.05, 0.1) is 4.99 Å². The normalized spacial score (nSPS) is 8.90. The molecule has 0 aromatic heterocycles. The molecular formula is C5H10N2O2S. The monoisotopic (exact) mass is 162 g/mol. The van der Waals surface area contributed by atoms with Crippen LogP contribution in [0.15, 0.2) is 0 Å². The van der Waals surface area contributed by atoms with Crippen molar-refractivity contribution in [3.63, 3.8) is 0 Å². The van der Waals surface area contributed by atoms with Gasteiger partial charge in [-0.2, -0.15) is 0 Å². The average molecular weight is 162 g/mol. The molecule has 0 aliphatic rings. The molecule has 0 fully saturated rings. The second-order valence-corrected chi connectivity index (χ2v) is 2.44. The summed E-state index contributed by atoms with van der Waals surface area (Å²) in [5, 5.41) is 8.34. The van der Waals surface area contributed by atoms with Crippen LogP contribution in [0.1, 0.15) is 6.42 Å². The first-order valence-electron chi connectivity index (χ1n) is 2.76. The number of thiocarbonyl (C=S) groups is 1. The molecule has 0 rings (SSSR count). The summed E-state index contributed by atoms with van der Waals surface area (Å²) in [4.78, 5) is 11.6. The lowest BCUT2D eigenvalue weighted by Gasteiger charge is -2.10. The highest BCUT2D eigenvalue weighted by Gasteiger charge is 2.03. The fourth-order valence-electron chi connectivity index (χ4n) is 0.374. The summed E-state index contributed by atoms with van der Waals surface area (Å²) in [6, 6.07) is 0. The molecule has 0 unspecified atom stereocenters. The summed E-state index contributed by atoms with van der Waals surface area (Å²) in [7, 11) is 1.47. The minimum Gasteiger partial charge on any atom is -0.465 e. The molecular weight excluding hydrogens is 152 g/mol. The van der Waals surface area contributed by atoms with E-state index in [2.05, 4.69) is 12.2 Å². The Labute approximate surface area is 64.6 Å². The smallest absolute Gasteiger partial charge is 0.407 e. The van der Waals surface area contributed by atoms with Gasteiger partial charge < -0.3 is 15.7 Å². The van der Waals surface area contributed by atoms with Crippen LogP contribution in [0.4, 0.5) is 4.79 Å². The summed E-state index contributed by atoms with van der Waals surface area (Å²) in [6.07, 6.45) is -0.519. The van der Waals surface area contributed by atoms with Gasteiger partial charge in [0.2, 0.25) is 0 Å². The van der Waals surface area contributed by atoms with Crippen LogP contribution in [0, 0.1) is 0 Å². The first-order chi connectivity index (χ1) is 4.54. The number of rotatable bonds is 3. The lowest BCUT2D eigenvalue weighted by Crippen LogP contribution is -2.28. The van der Waals surface area contributed by atoms with Crippen LogP contribution in [-0.2, 0) is 0 Å². The third kappa shape index (κ3) is 4.08. The molecule has 58 valence electrons. The summed E-state index contributed by atoms with van der Waals surface area (Å²) in [6.45, 7) is 0.366. The molecule has 0 saturated heterocycles. The van der Waals surface area contributed by atoms with E-state index >= 15 is 0 Å². The largest absolute Gasteiger partial charge is 0.465 e. The number of amides is 1. The van der Waals surface area contributed by atoms with Crippen molar-refractivity contribution < 1.29 is 9.90 Å². The van der Waals surface area contributed by atoms with Gasteiger partial charge in [0.25, 0.3) is 0 Å². The zero-order valence-electron chi connectivity index (χ0n) is 5.70. The molecule has 1 amide bonds. The van der Waals surface area contributed by atoms with Gasteiger partial charge in [-0.25, -0.2) is 4.79 Å². The van der Waals surface area contributed by atoms with Gasteiger partial charge in [0.15, 0.2) is 0 Å². The fraction of sp³-hybridized carbons (Fsp3) is 0.600. The SMILES string of the molecule is CN(CCC(N)=S)C(=O)O. The van der Waals surface area contributed by atoms with Crippen molar-refractivity contribution in [2.24, 2.45) is 5.73 Å². The molecule has 0 aromatic rings. The van der Waals surface area contributed by atoms with E-state index in [0.717, 1.165) is 4.90 Å². The van der Waals surface area contributed by atoms with Crippen LogP contribution in [0.2, 0.25) is 0 Å². The van der Waals surface area contributed by atoms with Crippen LogP contribution >= 0.6 is 12.2 Å². The molecule has 0 aromatic carbocycles. The molecule has 0 radical (unpaired) electrons. The molecule has 0 bridgehead atoms. The molecule has 0 heterocycles. The molecule has 0 aliphatic heterocycles. The average Bonchev–Trinajstić information content (AvgIpc) is 1.82. The first-order valence-corrected chi connectivity index (χ1v) is 3.17. The predicted octanol–water partition coefficient (Wildman–Crippen LogP) is 0.272. The number of carbonyl (C=O) groups is 1. The Morgan fingerprint density at radius 1 is 1.80 bits per heavy atom. The van der Waals surface area contributed by atoms with Crippen LogP contribution < -0.4 is 5.73 Å². The lowest BCUT2D eigenvalue weighted by atomic mass is 10.4. The topological polar surface area (TPSA) is 66.6 Å². The van der Waals surface area contributed by atoms with Gasteiger partial charge in [0, 0.05) is 20.0 Å². The molecule has 4 nitrogen and oxygen atoms in total. The molecule has 5 heteroatoms. The van der Waals surface area contributed by atoms with Crippen LogP contribution in [-0.4, -0.2) is 34.7 Å². The fourth-order valence-corrected chi connectivity index (χ4v) is 0.465. The van der Waals surface area contributed by atoms with E-state index in [1.165, 1.54) is 7.05 Å². The van der Waals surface area contributed by atoms with E-state index in [1.807, 2.05) is 0 Å². The summed E-state index contributed by atoms with van der Waals surface area (Å²) >= 11 is 4.56. The number of nitrogens with two attached hydrogens (primary N) is 1. The molecule has 0 saturated carbocycles. The Morgan fingerprint density at radius 2 is 2.30 bits per heavy atom.